The third-order valence-electron chi connectivity index (χ3n) is 4.99. The second-order valence-corrected chi connectivity index (χ2v) is 7.93. The molecule has 0 aromatic carbocycles. The molecule has 2 saturated carbocycles. The number of hydrogen-bond acceptors (Lipinski definition) is 5. The number of nitrogens with one attached hydrogen (secondary N) is 2. The van der Waals surface area contributed by atoms with Crippen LogP contribution in [0.4, 0.5) is 4.79 Å². The van der Waals surface area contributed by atoms with Gasteiger partial charge in [0.1, 0.15) is 5.01 Å². The van der Waals surface area contributed by atoms with Gasteiger partial charge in [-0.2, -0.15) is 0 Å². The van der Waals surface area contributed by atoms with Crippen LogP contribution in [-0.4, -0.2) is 52.2 Å². The molecule has 1 aromatic rings. The van der Waals surface area contributed by atoms with E-state index in [4.69, 9.17) is 5.11 Å². The Hall–Kier alpha value is -1.67. The molecule has 0 bridgehead atoms. The number of thiazole rings is 1. The Kier molecular flexibility index (Phi) is 5.58. The van der Waals surface area contributed by atoms with Crippen LogP contribution < -0.4 is 10.6 Å². The third-order valence-corrected chi connectivity index (χ3v) is 6.04. The van der Waals surface area contributed by atoms with E-state index in [2.05, 4.69) is 15.6 Å². The first-order chi connectivity index (χ1) is 12.0. The number of carbonyl (C=O) groups is 2. The highest BCUT2D eigenvalue weighted by Gasteiger charge is 2.37. The van der Waals surface area contributed by atoms with Crippen molar-refractivity contribution in [1.82, 2.24) is 20.5 Å². The SMILES string of the molecule is CCN(CC(=O)O)C1CC(NC(=O)NC(c2nc(C)cs2)C2CC2)C1. The summed E-state index contributed by atoms with van der Waals surface area (Å²) in [4.78, 5) is 29.7. The van der Waals surface area contributed by atoms with Gasteiger partial charge in [0, 0.05) is 23.2 Å². The van der Waals surface area contributed by atoms with E-state index in [0.29, 0.717) is 12.5 Å². The number of carboxylic acids is 1. The minimum absolute atomic E-state index is 0.00808. The number of hydrogen-bond donors (Lipinski definition) is 3. The predicted octanol–water partition coefficient (Wildman–Crippen LogP) is 2.14. The summed E-state index contributed by atoms with van der Waals surface area (Å²) in [5, 5.41) is 18.0. The Bertz CT molecular complexity index is 625. The smallest absolute Gasteiger partial charge is 0.317 e. The monoisotopic (exact) mass is 366 g/mol. The Balaban J connectivity index is 1.46. The Morgan fingerprint density at radius 1 is 1.44 bits per heavy atom. The molecule has 2 aliphatic carbocycles. The molecule has 7 nitrogen and oxygen atoms in total. The summed E-state index contributed by atoms with van der Waals surface area (Å²) in [6.45, 7) is 4.71. The molecule has 3 rings (SSSR count). The average molecular weight is 366 g/mol. The van der Waals surface area contributed by atoms with Crippen LogP contribution in [-0.2, 0) is 4.79 Å². The summed E-state index contributed by atoms with van der Waals surface area (Å²) in [7, 11) is 0. The number of aromatic nitrogens is 1. The van der Waals surface area contributed by atoms with Crippen molar-refractivity contribution < 1.29 is 14.7 Å². The lowest BCUT2D eigenvalue weighted by molar-refractivity contribution is -0.139. The Labute approximate surface area is 151 Å². The standard InChI is InChI=1S/C17H26N4O3S/c1-3-21(8-14(22)23)13-6-12(7-13)19-17(24)20-15(11-4-5-11)16-18-10(2)9-25-16/h9,11-13,15H,3-8H2,1-2H3,(H,22,23)(H2,19,20,24). The number of rotatable bonds is 8. The van der Waals surface area contributed by atoms with Gasteiger partial charge in [-0.25, -0.2) is 9.78 Å². The fraction of sp³-hybridized carbons (Fsp3) is 0.706. The molecule has 3 N–H and O–H groups in total. The van der Waals surface area contributed by atoms with Crippen LogP contribution in [0, 0.1) is 12.8 Å². The van der Waals surface area contributed by atoms with Crippen LogP contribution in [0.2, 0.25) is 0 Å². The fourth-order valence-corrected chi connectivity index (χ4v) is 4.31. The third kappa shape index (κ3) is 4.70. The van der Waals surface area contributed by atoms with Crippen LogP contribution in [0.5, 0.6) is 0 Å². The van der Waals surface area contributed by atoms with Crippen molar-refractivity contribution in [1.29, 1.82) is 0 Å². The van der Waals surface area contributed by atoms with Crippen LogP contribution in [0.1, 0.15) is 49.4 Å². The number of amides is 2. The van der Waals surface area contributed by atoms with Gasteiger partial charge in [-0.1, -0.05) is 6.92 Å². The van der Waals surface area contributed by atoms with Crippen molar-refractivity contribution in [3.8, 4) is 0 Å². The predicted molar refractivity (Wildman–Crippen MR) is 95.7 cm³/mol. The highest BCUT2D eigenvalue weighted by Crippen LogP contribution is 2.41. The van der Waals surface area contributed by atoms with E-state index in [1.165, 1.54) is 0 Å². The molecule has 2 aliphatic rings. The van der Waals surface area contributed by atoms with Crippen LogP contribution >= 0.6 is 11.3 Å². The minimum atomic E-state index is -0.804. The summed E-state index contributed by atoms with van der Waals surface area (Å²) >= 11 is 1.60. The quantitative estimate of drug-likeness (QED) is 0.655. The molecule has 0 spiro atoms. The number of urea groups is 1. The van der Waals surface area contributed by atoms with Crippen molar-refractivity contribution in [2.24, 2.45) is 5.92 Å². The van der Waals surface area contributed by atoms with Gasteiger partial charge in [0.15, 0.2) is 0 Å². The molecule has 8 heteroatoms. The van der Waals surface area contributed by atoms with Gasteiger partial charge in [0.25, 0.3) is 0 Å². The molecule has 1 aromatic heterocycles. The summed E-state index contributed by atoms with van der Waals surface area (Å²) in [6, 6.07) is 0.223. The van der Waals surface area contributed by atoms with E-state index < -0.39 is 5.97 Å². The molecular weight excluding hydrogens is 340 g/mol. The lowest BCUT2D eigenvalue weighted by atomic mass is 9.85. The van der Waals surface area contributed by atoms with E-state index in [0.717, 1.165) is 36.4 Å². The minimum Gasteiger partial charge on any atom is -0.480 e. The van der Waals surface area contributed by atoms with E-state index >= 15 is 0 Å². The molecule has 0 saturated heterocycles. The van der Waals surface area contributed by atoms with Crippen molar-refractivity contribution in [3.05, 3.63) is 16.1 Å². The van der Waals surface area contributed by atoms with Crippen molar-refractivity contribution in [3.63, 3.8) is 0 Å². The highest BCUT2D eigenvalue weighted by atomic mass is 32.1. The van der Waals surface area contributed by atoms with Crippen molar-refractivity contribution >= 4 is 23.3 Å². The van der Waals surface area contributed by atoms with E-state index in [9.17, 15) is 9.59 Å². The number of aliphatic carboxylic acids is 1. The largest absolute Gasteiger partial charge is 0.480 e. The number of aryl methyl sites for hydroxylation is 1. The van der Waals surface area contributed by atoms with Crippen molar-refractivity contribution in [2.75, 3.05) is 13.1 Å². The van der Waals surface area contributed by atoms with Gasteiger partial charge in [-0.3, -0.25) is 9.69 Å². The Morgan fingerprint density at radius 2 is 2.16 bits per heavy atom. The first kappa shape index (κ1) is 18.1. The van der Waals surface area contributed by atoms with Gasteiger partial charge in [0.05, 0.1) is 12.6 Å². The van der Waals surface area contributed by atoms with E-state index in [1.807, 2.05) is 24.1 Å². The maximum atomic E-state index is 12.3. The summed E-state index contributed by atoms with van der Waals surface area (Å²) in [6.07, 6.45) is 3.88. The van der Waals surface area contributed by atoms with Crippen LogP contribution in [0.3, 0.4) is 0 Å². The molecule has 1 unspecified atom stereocenters. The Morgan fingerprint density at radius 3 is 2.68 bits per heavy atom. The second-order valence-electron chi connectivity index (χ2n) is 7.04. The topological polar surface area (TPSA) is 94.6 Å². The van der Waals surface area contributed by atoms with E-state index in [-0.39, 0.29) is 30.7 Å². The number of carbonyl (C=O) groups excluding carboxylic acids is 1. The zero-order valence-electron chi connectivity index (χ0n) is 14.7. The lowest BCUT2D eigenvalue weighted by Crippen LogP contribution is -2.56. The molecule has 1 heterocycles. The highest BCUT2D eigenvalue weighted by molar-refractivity contribution is 7.09. The van der Waals surface area contributed by atoms with Gasteiger partial charge < -0.3 is 15.7 Å². The van der Waals surface area contributed by atoms with Gasteiger partial charge in [0.2, 0.25) is 0 Å². The molecule has 25 heavy (non-hydrogen) atoms. The van der Waals surface area contributed by atoms with Gasteiger partial charge in [-0.15, -0.1) is 11.3 Å². The number of nitrogens with zero attached hydrogens (tertiary/aromatic N) is 2. The second kappa shape index (κ2) is 7.70. The maximum Gasteiger partial charge on any atom is 0.317 e. The first-order valence-corrected chi connectivity index (χ1v) is 9.79. The molecule has 2 fully saturated rings. The zero-order valence-corrected chi connectivity index (χ0v) is 15.5. The summed E-state index contributed by atoms with van der Waals surface area (Å²) in [5.74, 6) is -0.307. The molecule has 0 radical (unpaired) electrons. The van der Waals surface area contributed by atoms with Crippen LogP contribution in [0.25, 0.3) is 0 Å². The molecule has 0 aliphatic heterocycles. The normalized spacial score (nSPS) is 23.8. The molecular formula is C17H26N4O3S. The fourth-order valence-electron chi connectivity index (χ4n) is 3.37. The molecule has 2 amide bonds. The zero-order chi connectivity index (χ0) is 18.0. The maximum absolute atomic E-state index is 12.3. The van der Waals surface area contributed by atoms with E-state index in [1.54, 1.807) is 11.3 Å². The summed E-state index contributed by atoms with van der Waals surface area (Å²) < 4.78 is 0. The lowest BCUT2D eigenvalue weighted by Gasteiger charge is -2.42. The summed E-state index contributed by atoms with van der Waals surface area (Å²) in [5.41, 5.74) is 0.993. The first-order valence-electron chi connectivity index (χ1n) is 8.91. The molecule has 1 atom stereocenters. The van der Waals surface area contributed by atoms with Gasteiger partial charge in [-0.05, 0) is 45.1 Å². The van der Waals surface area contributed by atoms with Crippen molar-refractivity contribution in [2.45, 2.75) is 57.7 Å². The van der Waals surface area contributed by atoms with Gasteiger partial charge >= 0.3 is 12.0 Å². The molecule has 138 valence electrons. The number of carboxylic acid groups (broad SMARTS) is 1. The average Bonchev–Trinajstić information content (AvgIpc) is 3.27. The number of likely N-dealkylation sites (N-methyl/N-ethyl adjacent to an activating group) is 1. The van der Waals surface area contributed by atoms with Crippen LogP contribution in [0.15, 0.2) is 5.38 Å².